The third-order valence-corrected chi connectivity index (χ3v) is 5.65. The molecule has 0 unspecified atom stereocenters. The predicted molar refractivity (Wildman–Crippen MR) is 103 cm³/mol. The Morgan fingerprint density at radius 3 is 2.64 bits per heavy atom. The van der Waals surface area contributed by atoms with Gasteiger partial charge in [-0.15, -0.1) is 10.2 Å². The summed E-state index contributed by atoms with van der Waals surface area (Å²) in [5, 5.41) is 13.9. The lowest BCUT2D eigenvalue weighted by Crippen LogP contribution is -2.22. The Balaban J connectivity index is 1.35. The quantitative estimate of drug-likeness (QED) is 0.432. The predicted octanol–water partition coefficient (Wildman–Crippen LogP) is 4.06. The first-order valence-corrected chi connectivity index (χ1v) is 10.2. The van der Waals surface area contributed by atoms with E-state index in [1.54, 1.807) is 24.3 Å². The number of rotatable bonds is 7. The Labute approximate surface area is 165 Å². The summed E-state index contributed by atoms with van der Waals surface area (Å²) in [6.45, 7) is 2.62. The highest BCUT2D eigenvalue weighted by Gasteiger charge is 2.22. The zero-order valence-corrected chi connectivity index (χ0v) is 16.0. The van der Waals surface area contributed by atoms with E-state index >= 15 is 0 Å². The Hall–Kier alpha value is -2.94. The molecule has 4 aromatic heterocycles. The maximum Gasteiger partial charge on any atom is 0.228 e. The Morgan fingerprint density at radius 2 is 1.86 bits per heavy atom. The second-order valence-corrected chi connectivity index (χ2v) is 7.53. The highest BCUT2D eigenvalue weighted by Crippen LogP contribution is 2.29. The Kier molecular flexibility index (Phi) is 4.66. The van der Waals surface area contributed by atoms with Gasteiger partial charge in [-0.1, -0.05) is 16.9 Å². The van der Waals surface area contributed by atoms with Crippen LogP contribution in [0.2, 0.25) is 0 Å². The van der Waals surface area contributed by atoms with Crippen molar-refractivity contribution in [1.29, 1.82) is 0 Å². The van der Waals surface area contributed by atoms with Crippen molar-refractivity contribution < 1.29 is 13.4 Å². The van der Waals surface area contributed by atoms with Crippen molar-refractivity contribution >= 4 is 17.7 Å². The lowest BCUT2D eigenvalue weighted by molar-refractivity contribution is 0.413. The van der Waals surface area contributed by atoms with E-state index in [-0.39, 0.29) is 0 Å². The summed E-state index contributed by atoms with van der Waals surface area (Å²) in [6, 6.07) is 9.42. The van der Waals surface area contributed by atoms with Gasteiger partial charge in [-0.05, 0) is 37.1 Å². The van der Waals surface area contributed by atoms with Gasteiger partial charge in [0.25, 0.3) is 0 Å². The summed E-state index contributed by atoms with van der Waals surface area (Å²) in [5.41, 5.74) is 0.826. The second-order valence-electron chi connectivity index (χ2n) is 6.59. The van der Waals surface area contributed by atoms with Crippen LogP contribution in [0.5, 0.6) is 0 Å². The molecule has 8 nitrogen and oxygen atoms in total. The van der Waals surface area contributed by atoms with E-state index in [4.69, 9.17) is 13.4 Å². The van der Waals surface area contributed by atoms with Gasteiger partial charge in [0, 0.05) is 24.9 Å². The van der Waals surface area contributed by atoms with Crippen molar-refractivity contribution in [3.8, 4) is 11.5 Å². The molecular weight excluding hydrogens is 378 g/mol. The Morgan fingerprint density at radius 1 is 1.00 bits per heavy atom. The molecular formula is C19H19N5O3S. The molecule has 1 aliphatic rings. The summed E-state index contributed by atoms with van der Waals surface area (Å²) < 4.78 is 18.4. The molecule has 1 aliphatic heterocycles. The lowest BCUT2D eigenvalue weighted by atomic mass is 10.3. The van der Waals surface area contributed by atoms with Crippen molar-refractivity contribution in [2.45, 2.75) is 30.3 Å². The molecule has 0 saturated carbocycles. The number of nitrogens with zero attached hydrogens (tertiary/aromatic N) is 5. The van der Waals surface area contributed by atoms with Gasteiger partial charge in [-0.2, -0.15) is 0 Å². The molecule has 1 fully saturated rings. The van der Waals surface area contributed by atoms with Crippen LogP contribution >= 0.6 is 11.8 Å². The molecule has 5 rings (SSSR count). The largest absolute Gasteiger partial charge is 0.467 e. The molecule has 5 heterocycles. The fourth-order valence-electron chi connectivity index (χ4n) is 3.29. The third kappa shape index (κ3) is 3.45. The first-order chi connectivity index (χ1) is 13.9. The van der Waals surface area contributed by atoms with E-state index in [1.165, 1.54) is 12.8 Å². The van der Waals surface area contributed by atoms with Gasteiger partial charge in [-0.25, -0.2) is 0 Å². The number of hydrogen-bond donors (Lipinski definition) is 0. The summed E-state index contributed by atoms with van der Waals surface area (Å²) in [4.78, 5) is 2.28. The molecule has 0 spiro atoms. The van der Waals surface area contributed by atoms with Crippen LogP contribution < -0.4 is 4.90 Å². The van der Waals surface area contributed by atoms with Crippen LogP contribution in [0, 0.1) is 0 Å². The minimum Gasteiger partial charge on any atom is -0.467 e. The van der Waals surface area contributed by atoms with E-state index in [1.807, 2.05) is 30.3 Å². The molecule has 0 aromatic carbocycles. The SMILES string of the molecule is c1coc(Cn2c(SCc3cc(-c4ccco4)on3)nnc2N2CCCC2)c1. The van der Waals surface area contributed by atoms with Crippen molar-refractivity contribution in [3.63, 3.8) is 0 Å². The number of furan rings is 2. The first kappa shape index (κ1) is 17.2. The Bertz CT molecular complexity index is 1020. The highest BCUT2D eigenvalue weighted by molar-refractivity contribution is 7.98. The number of hydrogen-bond acceptors (Lipinski definition) is 8. The fourth-order valence-corrected chi connectivity index (χ4v) is 4.10. The van der Waals surface area contributed by atoms with E-state index in [2.05, 4.69) is 24.8 Å². The van der Waals surface area contributed by atoms with Crippen LogP contribution in [-0.2, 0) is 12.3 Å². The molecule has 0 atom stereocenters. The molecule has 4 aromatic rings. The summed E-state index contributed by atoms with van der Waals surface area (Å²) in [6.07, 6.45) is 5.67. The molecule has 9 heteroatoms. The fraction of sp³-hybridized carbons (Fsp3) is 0.316. The molecule has 0 N–H and O–H groups in total. The van der Waals surface area contributed by atoms with Gasteiger partial charge in [0.2, 0.25) is 11.7 Å². The standard InChI is InChI=1S/C19H19N5O3S/c1-2-8-23(7-1)18-20-21-19(24(18)12-15-5-3-9-25-15)28-13-14-11-17(27-22-14)16-6-4-10-26-16/h3-6,9-11H,1-2,7-8,12-13H2. The number of anilines is 1. The van der Waals surface area contributed by atoms with Crippen molar-refractivity contribution in [3.05, 3.63) is 54.3 Å². The van der Waals surface area contributed by atoms with Gasteiger partial charge in [0.1, 0.15) is 5.76 Å². The lowest BCUT2D eigenvalue weighted by Gasteiger charge is -2.17. The van der Waals surface area contributed by atoms with Crippen LogP contribution in [0.15, 0.2) is 61.4 Å². The van der Waals surface area contributed by atoms with Gasteiger partial charge >= 0.3 is 0 Å². The average Bonchev–Trinajstić information content (AvgIpc) is 3.53. The van der Waals surface area contributed by atoms with Crippen LogP contribution in [0.25, 0.3) is 11.5 Å². The van der Waals surface area contributed by atoms with Gasteiger partial charge < -0.3 is 18.3 Å². The molecule has 0 radical (unpaired) electrons. The summed E-state index contributed by atoms with van der Waals surface area (Å²) in [7, 11) is 0. The van der Waals surface area contributed by atoms with Crippen LogP contribution in [0.3, 0.4) is 0 Å². The minimum absolute atomic E-state index is 0.602. The van der Waals surface area contributed by atoms with E-state index in [0.717, 1.165) is 35.6 Å². The highest BCUT2D eigenvalue weighted by atomic mass is 32.2. The zero-order valence-electron chi connectivity index (χ0n) is 15.2. The molecule has 144 valence electrons. The van der Waals surface area contributed by atoms with Crippen LogP contribution in [0.4, 0.5) is 5.95 Å². The number of aromatic nitrogens is 4. The molecule has 28 heavy (non-hydrogen) atoms. The maximum absolute atomic E-state index is 5.54. The van der Waals surface area contributed by atoms with Gasteiger partial charge in [-0.3, -0.25) is 4.57 Å². The van der Waals surface area contributed by atoms with E-state index in [0.29, 0.717) is 23.8 Å². The normalized spacial score (nSPS) is 14.2. The van der Waals surface area contributed by atoms with Crippen LogP contribution in [0.1, 0.15) is 24.3 Å². The minimum atomic E-state index is 0.602. The molecule has 0 aliphatic carbocycles. The molecule has 0 bridgehead atoms. The second kappa shape index (κ2) is 7.59. The van der Waals surface area contributed by atoms with Crippen molar-refractivity contribution in [2.24, 2.45) is 0 Å². The summed E-state index contributed by atoms with van der Waals surface area (Å²) in [5.74, 6) is 3.69. The van der Waals surface area contributed by atoms with E-state index in [9.17, 15) is 0 Å². The smallest absolute Gasteiger partial charge is 0.228 e. The molecule has 0 amide bonds. The first-order valence-electron chi connectivity index (χ1n) is 9.19. The monoisotopic (exact) mass is 397 g/mol. The number of thioether (sulfide) groups is 1. The van der Waals surface area contributed by atoms with Gasteiger partial charge in [0.15, 0.2) is 10.9 Å². The average molecular weight is 397 g/mol. The van der Waals surface area contributed by atoms with Gasteiger partial charge in [0.05, 0.1) is 24.8 Å². The topological polar surface area (TPSA) is 86.3 Å². The zero-order chi connectivity index (χ0) is 18.8. The summed E-state index contributed by atoms with van der Waals surface area (Å²) >= 11 is 1.58. The third-order valence-electron chi connectivity index (χ3n) is 4.65. The maximum atomic E-state index is 5.54. The van der Waals surface area contributed by atoms with Crippen LogP contribution in [-0.4, -0.2) is 33.0 Å². The molecule has 1 saturated heterocycles. The van der Waals surface area contributed by atoms with Crippen molar-refractivity contribution in [1.82, 2.24) is 19.9 Å². The van der Waals surface area contributed by atoms with Crippen molar-refractivity contribution in [2.75, 3.05) is 18.0 Å². The van der Waals surface area contributed by atoms with E-state index < -0.39 is 0 Å².